The Morgan fingerprint density at radius 3 is 2.48 bits per heavy atom. The van der Waals surface area contributed by atoms with Crippen LogP contribution in [-0.2, 0) is 6.54 Å². The molecular formula is C16H11ClN4. The Bertz CT molecular complexity index is 803. The molecule has 2 aromatic carbocycles. The number of hydrogen-bond donors (Lipinski definition) is 0. The first-order valence-electron chi connectivity index (χ1n) is 6.42. The van der Waals surface area contributed by atoms with Crippen molar-refractivity contribution in [1.29, 1.82) is 5.26 Å². The Morgan fingerprint density at radius 1 is 1.05 bits per heavy atom. The normalized spacial score (nSPS) is 10.3. The molecule has 4 nitrogen and oxygen atoms in total. The number of nitrogens with zero attached hydrogens (tertiary/aromatic N) is 4. The monoisotopic (exact) mass is 294 g/mol. The van der Waals surface area contributed by atoms with Gasteiger partial charge in [-0.05, 0) is 11.6 Å². The Balaban J connectivity index is 2.10. The van der Waals surface area contributed by atoms with Crippen LogP contribution in [-0.4, -0.2) is 15.0 Å². The molecule has 0 saturated heterocycles. The van der Waals surface area contributed by atoms with Gasteiger partial charge in [-0.1, -0.05) is 65.3 Å². The molecule has 3 aromatic rings. The largest absolute Gasteiger partial charge is 0.239 e. The van der Waals surface area contributed by atoms with Gasteiger partial charge in [-0.3, -0.25) is 0 Å². The molecule has 0 aliphatic carbocycles. The van der Waals surface area contributed by atoms with Gasteiger partial charge >= 0.3 is 0 Å². The van der Waals surface area contributed by atoms with E-state index in [2.05, 4.69) is 16.4 Å². The van der Waals surface area contributed by atoms with Gasteiger partial charge in [0.2, 0.25) is 0 Å². The van der Waals surface area contributed by atoms with Gasteiger partial charge in [-0.2, -0.15) is 5.26 Å². The van der Waals surface area contributed by atoms with Crippen molar-refractivity contribution in [3.8, 4) is 17.3 Å². The van der Waals surface area contributed by atoms with Gasteiger partial charge in [-0.15, -0.1) is 5.10 Å². The summed E-state index contributed by atoms with van der Waals surface area (Å²) < 4.78 is 1.70. The highest BCUT2D eigenvalue weighted by Crippen LogP contribution is 2.29. The fraction of sp³-hybridized carbons (Fsp3) is 0.0625. The Labute approximate surface area is 127 Å². The van der Waals surface area contributed by atoms with Crippen molar-refractivity contribution in [3.63, 3.8) is 0 Å². The Kier molecular flexibility index (Phi) is 3.67. The van der Waals surface area contributed by atoms with E-state index < -0.39 is 0 Å². The third-order valence-corrected chi connectivity index (χ3v) is 3.47. The predicted molar refractivity (Wildman–Crippen MR) is 80.7 cm³/mol. The Hall–Kier alpha value is -2.64. The molecule has 21 heavy (non-hydrogen) atoms. The molecule has 0 bridgehead atoms. The molecule has 0 amide bonds. The number of aromatic nitrogens is 3. The fourth-order valence-corrected chi connectivity index (χ4v) is 2.40. The number of benzene rings is 2. The summed E-state index contributed by atoms with van der Waals surface area (Å²) in [5.74, 6) is 0. The molecule has 0 saturated carbocycles. The number of hydrogen-bond acceptors (Lipinski definition) is 3. The third kappa shape index (κ3) is 2.64. The highest BCUT2D eigenvalue weighted by Gasteiger charge is 2.17. The maximum absolute atomic E-state index is 9.24. The van der Waals surface area contributed by atoms with Crippen molar-refractivity contribution < 1.29 is 0 Å². The zero-order valence-electron chi connectivity index (χ0n) is 11.1. The van der Waals surface area contributed by atoms with Crippen LogP contribution in [0, 0.1) is 11.3 Å². The van der Waals surface area contributed by atoms with Crippen molar-refractivity contribution >= 4 is 11.6 Å². The van der Waals surface area contributed by atoms with Crippen LogP contribution in [0.1, 0.15) is 11.3 Å². The van der Waals surface area contributed by atoms with Crippen molar-refractivity contribution in [2.75, 3.05) is 0 Å². The molecule has 0 fully saturated rings. The molecule has 0 aliphatic heterocycles. The molecule has 0 N–H and O–H groups in total. The number of nitriles is 1. The lowest BCUT2D eigenvalue weighted by atomic mass is 10.1. The smallest absolute Gasteiger partial charge is 0.190 e. The van der Waals surface area contributed by atoms with E-state index in [1.54, 1.807) is 10.7 Å². The molecule has 1 aromatic heterocycles. The molecule has 0 aliphatic rings. The van der Waals surface area contributed by atoms with E-state index in [0.717, 1.165) is 11.1 Å². The van der Waals surface area contributed by atoms with E-state index in [0.29, 0.717) is 17.3 Å². The van der Waals surface area contributed by atoms with E-state index in [1.165, 1.54) is 0 Å². The minimum atomic E-state index is 0.277. The molecule has 3 rings (SSSR count). The molecule has 102 valence electrons. The van der Waals surface area contributed by atoms with Gasteiger partial charge in [0, 0.05) is 5.56 Å². The lowest BCUT2D eigenvalue weighted by molar-refractivity contribution is 0.655. The van der Waals surface area contributed by atoms with Crippen LogP contribution < -0.4 is 0 Å². The van der Waals surface area contributed by atoms with Gasteiger partial charge < -0.3 is 0 Å². The van der Waals surface area contributed by atoms with Crippen LogP contribution >= 0.6 is 11.6 Å². The Morgan fingerprint density at radius 2 is 1.76 bits per heavy atom. The molecular weight excluding hydrogens is 284 g/mol. The van der Waals surface area contributed by atoms with Crippen molar-refractivity contribution in [2.45, 2.75) is 6.54 Å². The molecule has 1 heterocycles. The highest BCUT2D eigenvalue weighted by molar-refractivity contribution is 6.33. The first-order chi connectivity index (χ1) is 10.3. The lowest BCUT2D eigenvalue weighted by Crippen LogP contribution is -2.04. The highest BCUT2D eigenvalue weighted by atomic mass is 35.5. The summed E-state index contributed by atoms with van der Waals surface area (Å²) >= 11 is 6.24. The summed E-state index contributed by atoms with van der Waals surface area (Å²) in [5.41, 5.74) is 2.77. The molecule has 5 heteroatoms. The standard InChI is InChI=1S/C16H11ClN4/c17-14-9-5-4-8-13(14)16-15(10-18)19-20-21(16)11-12-6-2-1-3-7-12/h1-9H,11H2. The second-order valence-corrected chi connectivity index (χ2v) is 4.93. The maximum atomic E-state index is 9.24. The van der Waals surface area contributed by atoms with E-state index in [4.69, 9.17) is 11.6 Å². The second-order valence-electron chi connectivity index (χ2n) is 4.52. The van der Waals surface area contributed by atoms with Gasteiger partial charge in [0.15, 0.2) is 5.69 Å². The minimum Gasteiger partial charge on any atom is -0.239 e. The maximum Gasteiger partial charge on any atom is 0.190 e. The molecule has 0 spiro atoms. The summed E-state index contributed by atoms with van der Waals surface area (Å²) in [6.45, 7) is 0.538. The van der Waals surface area contributed by atoms with Gasteiger partial charge in [0.1, 0.15) is 11.8 Å². The van der Waals surface area contributed by atoms with Gasteiger partial charge in [0.05, 0.1) is 11.6 Å². The van der Waals surface area contributed by atoms with Gasteiger partial charge in [-0.25, -0.2) is 4.68 Å². The third-order valence-electron chi connectivity index (χ3n) is 3.15. The first kappa shape index (κ1) is 13.3. The summed E-state index contributed by atoms with van der Waals surface area (Å²) in [6, 6.07) is 19.4. The summed E-state index contributed by atoms with van der Waals surface area (Å²) in [6.07, 6.45) is 0. The lowest BCUT2D eigenvalue weighted by Gasteiger charge is -2.08. The minimum absolute atomic E-state index is 0.277. The van der Waals surface area contributed by atoms with Crippen LogP contribution in [0.5, 0.6) is 0 Å². The predicted octanol–water partition coefficient (Wildman–Crippen LogP) is 3.52. The summed E-state index contributed by atoms with van der Waals surface area (Å²) in [4.78, 5) is 0. The first-order valence-corrected chi connectivity index (χ1v) is 6.80. The van der Waals surface area contributed by atoms with Crippen molar-refractivity contribution in [3.05, 3.63) is 70.9 Å². The van der Waals surface area contributed by atoms with Crippen LogP contribution in [0.3, 0.4) is 0 Å². The zero-order chi connectivity index (χ0) is 14.7. The van der Waals surface area contributed by atoms with Gasteiger partial charge in [0.25, 0.3) is 0 Å². The van der Waals surface area contributed by atoms with E-state index in [-0.39, 0.29) is 5.69 Å². The average Bonchev–Trinajstić information content (AvgIpc) is 2.91. The quantitative estimate of drug-likeness (QED) is 0.742. The van der Waals surface area contributed by atoms with E-state index in [1.807, 2.05) is 48.5 Å². The van der Waals surface area contributed by atoms with Crippen LogP contribution in [0.2, 0.25) is 5.02 Å². The van der Waals surface area contributed by atoms with Crippen LogP contribution in [0.25, 0.3) is 11.3 Å². The van der Waals surface area contributed by atoms with Crippen molar-refractivity contribution in [1.82, 2.24) is 15.0 Å². The second kappa shape index (κ2) is 5.78. The van der Waals surface area contributed by atoms with E-state index in [9.17, 15) is 5.26 Å². The summed E-state index contributed by atoms with van der Waals surface area (Å²) in [7, 11) is 0. The van der Waals surface area contributed by atoms with Crippen LogP contribution in [0.15, 0.2) is 54.6 Å². The molecule has 0 radical (unpaired) electrons. The number of rotatable bonds is 3. The zero-order valence-corrected chi connectivity index (χ0v) is 11.8. The molecule has 0 atom stereocenters. The number of halogens is 1. The average molecular weight is 295 g/mol. The van der Waals surface area contributed by atoms with Crippen molar-refractivity contribution in [2.24, 2.45) is 0 Å². The fourth-order valence-electron chi connectivity index (χ4n) is 2.18. The van der Waals surface area contributed by atoms with Crippen LogP contribution in [0.4, 0.5) is 0 Å². The summed E-state index contributed by atoms with van der Waals surface area (Å²) in [5, 5.41) is 17.8. The topological polar surface area (TPSA) is 54.5 Å². The molecule has 0 unspecified atom stereocenters. The SMILES string of the molecule is N#Cc1nnn(Cc2ccccc2)c1-c1ccccc1Cl. The van der Waals surface area contributed by atoms with E-state index >= 15 is 0 Å².